The predicted octanol–water partition coefficient (Wildman–Crippen LogP) is 2.76. The molecule has 1 aromatic heterocycles. The van der Waals surface area contributed by atoms with Crippen LogP contribution >= 0.6 is 11.6 Å². The lowest BCUT2D eigenvalue weighted by Gasteiger charge is -1.97. The summed E-state index contributed by atoms with van der Waals surface area (Å²) in [5.41, 5.74) is 0.969. The summed E-state index contributed by atoms with van der Waals surface area (Å²) in [5.74, 6) is 0.639. The number of rotatable bonds is 2. The van der Waals surface area contributed by atoms with Crippen LogP contribution in [0.3, 0.4) is 0 Å². The van der Waals surface area contributed by atoms with E-state index in [1.54, 1.807) is 6.20 Å². The second kappa shape index (κ2) is 3.28. The van der Waals surface area contributed by atoms with E-state index in [1.807, 2.05) is 18.2 Å². The first-order valence-electron chi connectivity index (χ1n) is 3.78. The van der Waals surface area contributed by atoms with Gasteiger partial charge >= 0.3 is 0 Å². The molecular formula is C9H8ClNO2. The Morgan fingerprint density at radius 2 is 2.23 bits per heavy atom. The Morgan fingerprint density at radius 1 is 1.38 bits per heavy atom. The number of hydrogen-bond acceptors (Lipinski definition) is 2. The van der Waals surface area contributed by atoms with Crippen molar-refractivity contribution in [3.05, 3.63) is 29.4 Å². The van der Waals surface area contributed by atoms with Gasteiger partial charge in [0.15, 0.2) is 5.75 Å². The summed E-state index contributed by atoms with van der Waals surface area (Å²) in [5, 5.41) is 1.59. The minimum atomic E-state index is 0.639. The van der Waals surface area contributed by atoms with Gasteiger partial charge in [-0.1, -0.05) is 11.6 Å². The van der Waals surface area contributed by atoms with E-state index in [2.05, 4.69) is 9.87 Å². The van der Waals surface area contributed by atoms with Gasteiger partial charge in [-0.2, -0.15) is 4.89 Å². The Morgan fingerprint density at radius 3 is 3.00 bits per heavy atom. The third kappa shape index (κ3) is 1.48. The van der Waals surface area contributed by atoms with Gasteiger partial charge in [-0.3, -0.25) is 0 Å². The largest absolute Gasteiger partial charge is 0.358 e. The Hall–Kier alpha value is -1.19. The number of hydrogen-bond donors (Lipinski definition) is 1. The van der Waals surface area contributed by atoms with Gasteiger partial charge in [-0.25, -0.2) is 0 Å². The zero-order valence-corrected chi connectivity index (χ0v) is 7.76. The van der Waals surface area contributed by atoms with Gasteiger partial charge < -0.3 is 9.87 Å². The van der Waals surface area contributed by atoms with Crippen molar-refractivity contribution >= 4 is 22.5 Å². The van der Waals surface area contributed by atoms with E-state index >= 15 is 0 Å². The molecule has 0 saturated carbocycles. The van der Waals surface area contributed by atoms with Crippen molar-refractivity contribution < 1.29 is 9.78 Å². The maximum absolute atomic E-state index is 5.84. The summed E-state index contributed by atoms with van der Waals surface area (Å²) in [4.78, 5) is 12.5. The molecule has 0 unspecified atom stereocenters. The lowest BCUT2D eigenvalue weighted by Crippen LogP contribution is -1.88. The van der Waals surface area contributed by atoms with E-state index in [9.17, 15) is 0 Å². The zero-order chi connectivity index (χ0) is 9.26. The topological polar surface area (TPSA) is 34.2 Å². The molecule has 2 rings (SSSR count). The second-order valence-corrected chi connectivity index (χ2v) is 3.03. The highest BCUT2D eigenvalue weighted by atomic mass is 35.5. The minimum Gasteiger partial charge on any atom is -0.358 e. The molecular weight excluding hydrogens is 190 g/mol. The molecule has 0 radical (unpaired) electrons. The maximum atomic E-state index is 5.84. The van der Waals surface area contributed by atoms with Crippen LogP contribution in [-0.4, -0.2) is 12.1 Å². The van der Waals surface area contributed by atoms with E-state index in [0.717, 1.165) is 10.9 Å². The Labute approximate surface area is 80.1 Å². The molecule has 68 valence electrons. The number of benzene rings is 1. The Kier molecular flexibility index (Phi) is 2.12. The summed E-state index contributed by atoms with van der Waals surface area (Å²) in [6.45, 7) is 0. The molecule has 0 aliphatic carbocycles. The first-order valence-corrected chi connectivity index (χ1v) is 4.16. The molecule has 2 aromatic rings. The smallest absolute Gasteiger partial charge is 0.190 e. The summed E-state index contributed by atoms with van der Waals surface area (Å²) >= 11 is 5.84. The van der Waals surface area contributed by atoms with Crippen LogP contribution in [0.4, 0.5) is 0 Å². The molecule has 4 heteroatoms. The number of aromatic amines is 1. The van der Waals surface area contributed by atoms with Crippen LogP contribution in [0.1, 0.15) is 0 Å². The van der Waals surface area contributed by atoms with Crippen LogP contribution in [0.25, 0.3) is 10.9 Å². The fraction of sp³-hybridized carbons (Fsp3) is 0.111. The third-order valence-corrected chi connectivity index (χ3v) is 2.01. The number of nitrogens with one attached hydrogen (secondary N) is 1. The minimum absolute atomic E-state index is 0.639. The number of H-pyrrole nitrogens is 1. The van der Waals surface area contributed by atoms with Gasteiger partial charge in [0.1, 0.15) is 0 Å². The Balaban J connectivity index is 2.58. The molecule has 0 amide bonds. The van der Waals surface area contributed by atoms with Gasteiger partial charge in [-0.05, 0) is 18.2 Å². The molecule has 0 fully saturated rings. The van der Waals surface area contributed by atoms with E-state index < -0.39 is 0 Å². The monoisotopic (exact) mass is 197 g/mol. The third-order valence-electron chi connectivity index (χ3n) is 1.78. The molecule has 0 aliphatic heterocycles. The fourth-order valence-electron chi connectivity index (χ4n) is 1.23. The van der Waals surface area contributed by atoms with Crippen LogP contribution in [0.2, 0.25) is 5.02 Å². The van der Waals surface area contributed by atoms with Crippen molar-refractivity contribution in [1.29, 1.82) is 0 Å². The first kappa shape index (κ1) is 8.41. The first-order chi connectivity index (χ1) is 6.31. The van der Waals surface area contributed by atoms with Crippen molar-refractivity contribution in [2.45, 2.75) is 0 Å². The van der Waals surface area contributed by atoms with Crippen molar-refractivity contribution in [3.8, 4) is 5.75 Å². The molecule has 13 heavy (non-hydrogen) atoms. The summed E-state index contributed by atoms with van der Waals surface area (Å²) in [6, 6.07) is 5.53. The van der Waals surface area contributed by atoms with Crippen molar-refractivity contribution in [2.75, 3.05) is 7.11 Å². The lowest BCUT2D eigenvalue weighted by atomic mass is 10.2. The van der Waals surface area contributed by atoms with E-state index in [4.69, 9.17) is 16.5 Å². The molecule has 0 aliphatic rings. The lowest BCUT2D eigenvalue weighted by molar-refractivity contribution is -0.176. The van der Waals surface area contributed by atoms with Gasteiger partial charge in [0, 0.05) is 22.1 Å². The molecule has 0 spiro atoms. The average molecular weight is 198 g/mol. The van der Waals surface area contributed by atoms with Crippen molar-refractivity contribution in [1.82, 2.24) is 4.98 Å². The normalized spacial score (nSPS) is 10.6. The molecule has 3 nitrogen and oxygen atoms in total. The second-order valence-electron chi connectivity index (χ2n) is 2.59. The molecule has 0 bridgehead atoms. The standard InChI is InChI=1S/C9H8ClNO2/c1-12-13-9-5-11-8-3-2-6(10)4-7(8)9/h2-5,11H,1H3. The summed E-state index contributed by atoms with van der Waals surface area (Å²) in [7, 11) is 1.46. The molecule has 1 aromatic carbocycles. The fourth-order valence-corrected chi connectivity index (χ4v) is 1.40. The van der Waals surface area contributed by atoms with Crippen LogP contribution < -0.4 is 4.89 Å². The average Bonchev–Trinajstić information content (AvgIpc) is 2.49. The Bertz CT molecular complexity index is 424. The van der Waals surface area contributed by atoms with Gasteiger partial charge in [0.25, 0.3) is 0 Å². The highest BCUT2D eigenvalue weighted by Gasteiger charge is 2.05. The van der Waals surface area contributed by atoms with E-state index in [-0.39, 0.29) is 0 Å². The van der Waals surface area contributed by atoms with Crippen molar-refractivity contribution in [3.63, 3.8) is 0 Å². The summed E-state index contributed by atoms with van der Waals surface area (Å²) < 4.78 is 0. The van der Waals surface area contributed by atoms with Crippen LogP contribution in [-0.2, 0) is 4.89 Å². The molecule has 0 saturated heterocycles. The zero-order valence-electron chi connectivity index (χ0n) is 7.00. The van der Waals surface area contributed by atoms with E-state index in [1.165, 1.54) is 7.11 Å². The van der Waals surface area contributed by atoms with Gasteiger partial charge in [-0.15, -0.1) is 0 Å². The van der Waals surface area contributed by atoms with E-state index in [0.29, 0.717) is 10.8 Å². The number of aromatic nitrogens is 1. The van der Waals surface area contributed by atoms with Crippen LogP contribution in [0, 0.1) is 0 Å². The van der Waals surface area contributed by atoms with Gasteiger partial charge in [0.2, 0.25) is 0 Å². The molecule has 1 heterocycles. The maximum Gasteiger partial charge on any atom is 0.190 e. The highest BCUT2D eigenvalue weighted by molar-refractivity contribution is 6.31. The number of halogens is 1. The summed E-state index contributed by atoms with van der Waals surface area (Å²) in [6.07, 6.45) is 1.73. The van der Waals surface area contributed by atoms with Crippen molar-refractivity contribution in [2.24, 2.45) is 0 Å². The van der Waals surface area contributed by atoms with Crippen LogP contribution in [0.5, 0.6) is 5.75 Å². The predicted molar refractivity (Wildman–Crippen MR) is 50.9 cm³/mol. The highest BCUT2D eigenvalue weighted by Crippen LogP contribution is 2.27. The van der Waals surface area contributed by atoms with Gasteiger partial charge in [0.05, 0.1) is 7.11 Å². The number of fused-ring (bicyclic) bond motifs is 1. The molecule has 1 N–H and O–H groups in total. The van der Waals surface area contributed by atoms with Crippen LogP contribution in [0.15, 0.2) is 24.4 Å². The SMILES string of the molecule is COOc1c[nH]c2ccc(Cl)cc12. The quantitative estimate of drug-likeness (QED) is 0.594. The molecule has 0 atom stereocenters.